The zero-order valence-corrected chi connectivity index (χ0v) is 6.84. The van der Waals surface area contributed by atoms with E-state index in [1.165, 1.54) is 11.1 Å². The summed E-state index contributed by atoms with van der Waals surface area (Å²) < 4.78 is 0. The molecular weight excluding hydrogens is 152 g/mol. The number of thioether (sulfide) groups is 1. The smallest absolute Gasteiger partial charge is 0.0179 e. The second kappa shape index (κ2) is 2.97. The zero-order valence-electron chi connectivity index (χ0n) is 6.03. The molecule has 11 heavy (non-hydrogen) atoms. The third kappa shape index (κ3) is 1.38. The van der Waals surface area contributed by atoms with Crippen LogP contribution >= 0.6 is 11.8 Å². The van der Waals surface area contributed by atoms with Gasteiger partial charge in [0.15, 0.2) is 0 Å². The average molecular weight is 160 g/mol. The molecule has 0 nitrogen and oxygen atoms in total. The molecule has 1 aliphatic heterocycles. The maximum Gasteiger partial charge on any atom is -0.0179 e. The summed E-state index contributed by atoms with van der Waals surface area (Å²) in [5.74, 6) is 0. The van der Waals surface area contributed by atoms with Crippen LogP contribution in [0.4, 0.5) is 0 Å². The van der Waals surface area contributed by atoms with E-state index >= 15 is 0 Å². The SMILES string of the molecule is C1=Cc2ccccc2C=CS1. The highest BCUT2D eigenvalue weighted by Crippen LogP contribution is 2.20. The van der Waals surface area contributed by atoms with Crippen molar-refractivity contribution in [3.05, 3.63) is 46.2 Å². The molecule has 0 spiro atoms. The molecule has 0 atom stereocenters. The van der Waals surface area contributed by atoms with Crippen LogP contribution in [0.1, 0.15) is 11.1 Å². The van der Waals surface area contributed by atoms with E-state index in [0.717, 1.165) is 0 Å². The van der Waals surface area contributed by atoms with Gasteiger partial charge in [-0.15, -0.1) is 11.8 Å². The molecule has 0 aromatic heterocycles. The second-order valence-electron chi connectivity index (χ2n) is 2.37. The lowest BCUT2D eigenvalue weighted by atomic mass is 10.1. The third-order valence-electron chi connectivity index (χ3n) is 1.65. The second-order valence-corrected chi connectivity index (χ2v) is 3.19. The molecule has 54 valence electrons. The van der Waals surface area contributed by atoms with Crippen molar-refractivity contribution in [3.8, 4) is 0 Å². The Kier molecular flexibility index (Phi) is 1.82. The van der Waals surface area contributed by atoms with Crippen molar-refractivity contribution in [2.24, 2.45) is 0 Å². The van der Waals surface area contributed by atoms with Gasteiger partial charge >= 0.3 is 0 Å². The van der Waals surface area contributed by atoms with Gasteiger partial charge in [-0.05, 0) is 34.1 Å². The van der Waals surface area contributed by atoms with Gasteiger partial charge in [-0.25, -0.2) is 0 Å². The first-order valence-corrected chi connectivity index (χ1v) is 4.49. The van der Waals surface area contributed by atoms with E-state index in [2.05, 4.69) is 47.2 Å². The number of hydrogen-bond acceptors (Lipinski definition) is 1. The van der Waals surface area contributed by atoms with Gasteiger partial charge in [-0.3, -0.25) is 0 Å². The van der Waals surface area contributed by atoms with E-state index in [-0.39, 0.29) is 0 Å². The molecule has 0 bridgehead atoms. The summed E-state index contributed by atoms with van der Waals surface area (Å²) >= 11 is 1.71. The van der Waals surface area contributed by atoms with Crippen LogP contribution in [0.2, 0.25) is 0 Å². The maximum atomic E-state index is 2.14. The average Bonchev–Trinajstić information content (AvgIpc) is 2.28. The molecule has 0 aliphatic carbocycles. The molecule has 0 unspecified atom stereocenters. The molecule has 1 heteroatoms. The molecule has 1 heterocycles. The van der Waals surface area contributed by atoms with Crippen LogP contribution in [-0.2, 0) is 0 Å². The highest BCUT2D eigenvalue weighted by molar-refractivity contribution is 8.05. The quantitative estimate of drug-likeness (QED) is 0.560. The molecule has 0 radical (unpaired) electrons. The first-order valence-electron chi connectivity index (χ1n) is 3.54. The lowest BCUT2D eigenvalue weighted by Crippen LogP contribution is -1.76. The molecule has 0 saturated carbocycles. The van der Waals surface area contributed by atoms with Crippen molar-refractivity contribution >= 4 is 23.9 Å². The van der Waals surface area contributed by atoms with Gasteiger partial charge in [0.1, 0.15) is 0 Å². The van der Waals surface area contributed by atoms with Crippen molar-refractivity contribution in [1.29, 1.82) is 0 Å². The van der Waals surface area contributed by atoms with E-state index < -0.39 is 0 Å². The molecular formula is C10H8S. The van der Waals surface area contributed by atoms with Crippen LogP contribution in [0.5, 0.6) is 0 Å². The van der Waals surface area contributed by atoms with E-state index in [4.69, 9.17) is 0 Å². The van der Waals surface area contributed by atoms with Crippen molar-refractivity contribution in [1.82, 2.24) is 0 Å². The molecule has 0 fully saturated rings. The van der Waals surface area contributed by atoms with Gasteiger partial charge < -0.3 is 0 Å². The summed E-state index contributed by atoms with van der Waals surface area (Å²) in [5, 5.41) is 4.20. The molecule has 1 aromatic carbocycles. The summed E-state index contributed by atoms with van der Waals surface area (Å²) in [6.45, 7) is 0. The minimum atomic E-state index is 1.30. The predicted octanol–water partition coefficient (Wildman–Crippen LogP) is 3.37. The van der Waals surface area contributed by atoms with Crippen molar-refractivity contribution in [2.45, 2.75) is 0 Å². The van der Waals surface area contributed by atoms with Gasteiger partial charge in [-0.1, -0.05) is 24.3 Å². The molecule has 0 saturated heterocycles. The van der Waals surface area contributed by atoms with Gasteiger partial charge in [0.2, 0.25) is 0 Å². The highest BCUT2D eigenvalue weighted by Gasteiger charge is 1.95. The number of fused-ring (bicyclic) bond motifs is 1. The van der Waals surface area contributed by atoms with Crippen LogP contribution in [0.15, 0.2) is 35.1 Å². The van der Waals surface area contributed by atoms with E-state index in [1.807, 2.05) is 0 Å². The van der Waals surface area contributed by atoms with Crippen LogP contribution < -0.4 is 0 Å². The third-order valence-corrected chi connectivity index (χ3v) is 2.23. The van der Waals surface area contributed by atoms with Crippen LogP contribution in [0.3, 0.4) is 0 Å². The molecule has 2 rings (SSSR count). The van der Waals surface area contributed by atoms with E-state index in [9.17, 15) is 0 Å². The van der Waals surface area contributed by atoms with Crippen LogP contribution in [0.25, 0.3) is 12.2 Å². The molecule has 0 N–H and O–H groups in total. The lowest BCUT2D eigenvalue weighted by Gasteiger charge is -1.96. The Hall–Kier alpha value is -0.950. The van der Waals surface area contributed by atoms with Crippen LogP contribution in [0, 0.1) is 0 Å². The van der Waals surface area contributed by atoms with Crippen molar-refractivity contribution in [2.75, 3.05) is 0 Å². The Morgan fingerprint density at radius 3 is 1.91 bits per heavy atom. The normalized spacial score (nSPS) is 14.2. The first-order chi connectivity index (χ1) is 5.47. The Balaban J connectivity index is 2.58. The first kappa shape index (κ1) is 6.74. The predicted molar refractivity (Wildman–Crippen MR) is 52.1 cm³/mol. The molecule has 1 aromatic rings. The Morgan fingerprint density at radius 2 is 1.36 bits per heavy atom. The fourth-order valence-electron chi connectivity index (χ4n) is 1.08. The largest absolute Gasteiger partial charge is 0.106 e. The van der Waals surface area contributed by atoms with Gasteiger partial charge in [0.25, 0.3) is 0 Å². The maximum absolute atomic E-state index is 2.14. The van der Waals surface area contributed by atoms with Gasteiger partial charge in [0.05, 0.1) is 0 Å². The van der Waals surface area contributed by atoms with Crippen LogP contribution in [-0.4, -0.2) is 0 Å². The molecule has 1 aliphatic rings. The summed E-state index contributed by atoms with van der Waals surface area (Å²) in [4.78, 5) is 0. The monoisotopic (exact) mass is 160 g/mol. The summed E-state index contributed by atoms with van der Waals surface area (Å²) in [5.41, 5.74) is 2.60. The summed E-state index contributed by atoms with van der Waals surface area (Å²) in [6, 6.07) is 8.38. The van der Waals surface area contributed by atoms with Crippen molar-refractivity contribution < 1.29 is 0 Å². The van der Waals surface area contributed by atoms with E-state index in [1.54, 1.807) is 11.8 Å². The summed E-state index contributed by atoms with van der Waals surface area (Å²) in [7, 11) is 0. The minimum Gasteiger partial charge on any atom is -0.106 e. The van der Waals surface area contributed by atoms with Crippen molar-refractivity contribution in [3.63, 3.8) is 0 Å². The lowest BCUT2D eigenvalue weighted by molar-refractivity contribution is 1.62. The fraction of sp³-hybridized carbons (Fsp3) is 0. The Morgan fingerprint density at radius 1 is 0.818 bits per heavy atom. The number of rotatable bonds is 0. The standard InChI is InChI=1S/C10H8S/c1-2-4-10-6-8-11-7-5-9(10)3-1/h1-8H. The Bertz CT molecular complexity index is 279. The number of benzene rings is 1. The highest BCUT2D eigenvalue weighted by atomic mass is 32.2. The topological polar surface area (TPSA) is 0 Å². The van der Waals surface area contributed by atoms with Gasteiger partial charge in [0, 0.05) is 0 Å². The summed E-state index contributed by atoms with van der Waals surface area (Å²) in [6.07, 6.45) is 4.28. The van der Waals surface area contributed by atoms with E-state index in [0.29, 0.717) is 0 Å². The van der Waals surface area contributed by atoms with Gasteiger partial charge in [-0.2, -0.15) is 0 Å². The minimum absolute atomic E-state index is 1.30. The zero-order chi connectivity index (χ0) is 7.52. The molecule has 0 amide bonds. The fourth-order valence-corrected chi connectivity index (χ4v) is 1.63. The number of hydrogen-bond donors (Lipinski definition) is 0. The Labute approximate surface area is 70.6 Å².